The van der Waals surface area contributed by atoms with Crippen LogP contribution >= 0.6 is 0 Å². The van der Waals surface area contributed by atoms with Gasteiger partial charge in [-0.2, -0.15) is 13.2 Å². The number of benzene rings is 1. The van der Waals surface area contributed by atoms with Gasteiger partial charge in [0.1, 0.15) is 5.82 Å². The summed E-state index contributed by atoms with van der Waals surface area (Å²) in [5.41, 5.74) is -1.23. The predicted octanol–water partition coefficient (Wildman–Crippen LogP) is 4.84. The third kappa shape index (κ3) is 3.89. The molecule has 0 aliphatic heterocycles. The Bertz CT molecular complexity index is 410. The second kappa shape index (κ2) is 5.16. The molecule has 1 aromatic rings. The molecule has 18 heavy (non-hydrogen) atoms. The molecule has 0 atom stereocenters. The van der Waals surface area contributed by atoms with E-state index in [-0.39, 0.29) is 11.2 Å². The van der Waals surface area contributed by atoms with Crippen molar-refractivity contribution in [2.45, 2.75) is 45.3 Å². The zero-order valence-corrected chi connectivity index (χ0v) is 10.7. The number of anilines is 1. The lowest BCUT2D eigenvalue weighted by Gasteiger charge is -2.27. The molecule has 0 unspecified atom stereocenters. The first kappa shape index (κ1) is 14.8. The van der Waals surface area contributed by atoms with E-state index in [9.17, 15) is 17.6 Å². The summed E-state index contributed by atoms with van der Waals surface area (Å²) in [5, 5.41) is 2.92. The molecule has 5 heteroatoms. The molecular formula is C13H17F4N. The molecule has 0 saturated heterocycles. The van der Waals surface area contributed by atoms with Gasteiger partial charge < -0.3 is 5.32 Å². The largest absolute Gasteiger partial charge is 0.416 e. The molecule has 0 bridgehead atoms. The van der Waals surface area contributed by atoms with E-state index in [1.54, 1.807) is 0 Å². The van der Waals surface area contributed by atoms with Crippen molar-refractivity contribution >= 4 is 5.69 Å². The quantitative estimate of drug-likeness (QED) is 0.767. The summed E-state index contributed by atoms with van der Waals surface area (Å²) < 4.78 is 50.7. The van der Waals surface area contributed by atoms with Gasteiger partial charge in [-0.25, -0.2) is 4.39 Å². The topological polar surface area (TPSA) is 12.0 Å². The highest BCUT2D eigenvalue weighted by atomic mass is 19.4. The fourth-order valence-corrected chi connectivity index (χ4v) is 1.84. The van der Waals surface area contributed by atoms with Crippen molar-refractivity contribution in [1.29, 1.82) is 0 Å². The fourth-order valence-electron chi connectivity index (χ4n) is 1.84. The van der Waals surface area contributed by atoms with Crippen molar-refractivity contribution in [2.24, 2.45) is 0 Å². The van der Waals surface area contributed by atoms with E-state index in [0.717, 1.165) is 25.0 Å². The summed E-state index contributed by atoms with van der Waals surface area (Å²) >= 11 is 0. The minimum atomic E-state index is -4.52. The van der Waals surface area contributed by atoms with E-state index in [0.29, 0.717) is 6.07 Å². The molecule has 0 aliphatic rings. The van der Waals surface area contributed by atoms with Gasteiger partial charge in [-0.15, -0.1) is 0 Å². The molecule has 0 aromatic heterocycles. The third-order valence-electron chi connectivity index (χ3n) is 2.64. The summed E-state index contributed by atoms with van der Waals surface area (Å²) in [6.07, 6.45) is -2.81. The Kier molecular flexibility index (Phi) is 4.24. The van der Waals surface area contributed by atoms with Crippen LogP contribution in [0.3, 0.4) is 0 Å². The van der Waals surface area contributed by atoms with Crippen molar-refractivity contribution < 1.29 is 17.6 Å². The molecule has 0 heterocycles. The molecule has 1 aromatic carbocycles. The Morgan fingerprint density at radius 3 is 2.22 bits per heavy atom. The van der Waals surface area contributed by atoms with Gasteiger partial charge in [0, 0.05) is 5.54 Å². The smallest absolute Gasteiger partial charge is 0.378 e. The summed E-state index contributed by atoms with van der Waals surface area (Å²) in [6, 6.07) is 2.54. The Hall–Kier alpha value is -1.26. The van der Waals surface area contributed by atoms with E-state index < -0.39 is 17.6 Å². The van der Waals surface area contributed by atoms with E-state index >= 15 is 0 Å². The Morgan fingerprint density at radius 2 is 1.78 bits per heavy atom. The zero-order valence-electron chi connectivity index (χ0n) is 10.7. The van der Waals surface area contributed by atoms with Crippen LogP contribution in [0, 0.1) is 5.82 Å². The highest BCUT2D eigenvalue weighted by molar-refractivity contribution is 5.48. The lowest BCUT2D eigenvalue weighted by molar-refractivity contribution is -0.137. The fraction of sp³-hybridized carbons (Fsp3) is 0.538. The second-order valence-electron chi connectivity index (χ2n) is 4.95. The van der Waals surface area contributed by atoms with Crippen LogP contribution in [0.25, 0.3) is 0 Å². The summed E-state index contributed by atoms with van der Waals surface area (Å²) in [5.74, 6) is -0.881. The number of alkyl halides is 3. The van der Waals surface area contributed by atoms with Gasteiger partial charge >= 0.3 is 6.18 Å². The maximum atomic E-state index is 13.6. The molecule has 1 rings (SSSR count). The molecule has 0 fully saturated rings. The highest BCUT2D eigenvalue weighted by Gasteiger charge is 2.31. The van der Waals surface area contributed by atoms with Crippen LogP contribution in [-0.2, 0) is 6.18 Å². The summed E-state index contributed by atoms with van der Waals surface area (Å²) in [7, 11) is 0. The van der Waals surface area contributed by atoms with Crippen LogP contribution in [0.5, 0.6) is 0 Å². The van der Waals surface area contributed by atoms with E-state index in [2.05, 4.69) is 5.32 Å². The average molecular weight is 263 g/mol. The SMILES string of the molecule is CCCC(C)(C)Nc1ccc(C(F)(F)F)cc1F. The maximum absolute atomic E-state index is 13.6. The van der Waals surface area contributed by atoms with Crippen molar-refractivity contribution in [3.05, 3.63) is 29.6 Å². The highest BCUT2D eigenvalue weighted by Crippen LogP contribution is 2.32. The first-order valence-electron chi connectivity index (χ1n) is 5.80. The van der Waals surface area contributed by atoms with Crippen molar-refractivity contribution in [3.8, 4) is 0 Å². The number of hydrogen-bond acceptors (Lipinski definition) is 1. The van der Waals surface area contributed by atoms with Crippen molar-refractivity contribution in [3.63, 3.8) is 0 Å². The normalized spacial score (nSPS) is 12.6. The van der Waals surface area contributed by atoms with E-state index in [1.807, 2.05) is 20.8 Å². The Morgan fingerprint density at radius 1 is 1.17 bits per heavy atom. The van der Waals surface area contributed by atoms with Crippen LogP contribution in [-0.4, -0.2) is 5.54 Å². The van der Waals surface area contributed by atoms with Gasteiger partial charge in [-0.3, -0.25) is 0 Å². The average Bonchev–Trinajstić information content (AvgIpc) is 2.19. The van der Waals surface area contributed by atoms with Gasteiger partial charge in [-0.1, -0.05) is 13.3 Å². The lowest BCUT2D eigenvalue weighted by atomic mass is 9.98. The van der Waals surface area contributed by atoms with Crippen molar-refractivity contribution in [1.82, 2.24) is 0 Å². The minimum Gasteiger partial charge on any atom is -0.378 e. The van der Waals surface area contributed by atoms with Crippen LogP contribution in [0.1, 0.15) is 39.2 Å². The Labute approximate surface area is 104 Å². The van der Waals surface area contributed by atoms with Gasteiger partial charge in [0.2, 0.25) is 0 Å². The van der Waals surface area contributed by atoms with Crippen molar-refractivity contribution in [2.75, 3.05) is 5.32 Å². The molecule has 0 spiro atoms. The first-order chi connectivity index (χ1) is 8.15. The molecule has 0 radical (unpaired) electrons. The molecule has 1 nitrogen and oxygen atoms in total. The van der Waals surface area contributed by atoms with E-state index in [4.69, 9.17) is 0 Å². The summed E-state index contributed by atoms with van der Waals surface area (Å²) in [4.78, 5) is 0. The molecule has 102 valence electrons. The molecule has 0 amide bonds. The lowest BCUT2D eigenvalue weighted by Crippen LogP contribution is -2.31. The van der Waals surface area contributed by atoms with Crippen LogP contribution in [0.4, 0.5) is 23.2 Å². The number of nitrogens with one attached hydrogen (secondary N) is 1. The predicted molar refractivity (Wildman–Crippen MR) is 64.0 cm³/mol. The molecule has 1 N–H and O–H groups in total. The first-order valence-corrected chi connectivity index (χ1v) is 5.80. The van der Waals surface area contributed by atoms with Gasteiger partial charge in [0.05, 0.1) is 11.3 Å². The molecule has 0 aliphatic carbocycles. The second-order valence-corrected chi connectivity index (χ2v) is 4.95. The number of halogens is 4. The van der Waals surface area contributed by atoms with Crippen LogP contribution < -0.4 is 5.32 Å². The van der Waals surface area contributed by atoms with E-state index in [1.165, 1.54) is 0 Å². The molecular weight excluding hydrogens is 246 g/mol. The monoisotopic (exact) mass is 263 g/mol. The summed E-state index contributed by atoms with van der Waals surface area (Å²) in [6.45, 7) is 5.76. The molecule has 0 saturated carbocycles. The third-order valence-corrected chi connectivity index (χ3v) is 2.64. The standard InChI is InChI=1S/C13H17F4N/c1-4-7-12(2,3)18-11-6-5-9(8-10(11)14)13(15,16)17/h5-6,8,18H,4,7H2,1-3H3. The van der Waals surface area contributed by atoms with Crippen LogP contribution in [0.2, 0.25) is 0 Å². The maximum Gasteiger partial charge on any atom is 0.416 e. The van der Waals surface area contributed by atoms with Crippen LogP contribution in [0.15, 0.2) is 18.2 Å². The van der Waals surface area contributed by atoms with Gasteiger partial charge in [-0.05, 0) is 38.5 Å². The van der Waals surface area contributed by atoms with Gasteiger partial charge in [0.15, 0.2) is 0 Å². The number of hydrogen-bond donors (Lipinski definition) is 1. The number of rotatable bonds is 4. The van der Waals surface area contributed by atoms with Gasteiger partial charge in [0.25, 0.3) is 0 Å². The zero-order chi connectivity index (χ0) is 14.0. The minimum absolute atomic E-state index is 0.0986. The Balaban J connectivity index is 2.93.